The second-order valence-corrected chi connectivity index (χ2v) is 14.6. The normalized spacial score (nSPS) is 16.4. The van der Waals surface area contributed by atoms with Gasteiger partial charge in [-0.15, -0.1) is 10.2 Å². The number of likely N-dealkylation sites (tertiary alicyclic amines) is 1. The average molecular weight is 760 g/mol. The number of aromatic nitrogens is 3. The zero-order valence-electron chi connectivity index (χ0n) is 32.9. The van der Waals surface area contributed by atoms with Gasteiger partial charge in [0.15, 0.2) is 5.82 Å². The Balaban J connectivity index is 0.000000879. The van der Waals surface area contributed by atoms with Gasteiger partial charge in [0, 0.05) is 83.1 Å². The first-order valence-electron chi connectivity index (χ1n) is 18.4. The minimum atomic E-state index is -1.26. The number of rotatable bonds is 19. The van der Waals surface area contributed by atoms with Crippen LogP contribution in [-0.4, -0.2) is 150 Å². The van der Waals surface area contributed by atoms with Crippen LogP contribution in [0.2, 0.25) is 0 Å². The van der Waals surface area contributed by atoms with E-state index in [2.05, 4.69) is 50.8 Å². The number of carbonyl (C=O) groups excluding carboxylic acids is 1. The van der Waals surface area contributed by atoms with Crippen molar-refractivity contribution < 1.29 is 43.2 Å². The number of amides is 1. The molecule has 1 aromatic carbocycles. The molecular formula is C38H58FN7O8. The Morgan fingerprint density at radius 1 is 1.07 bits per heavy atom. The van der Waals surface area contributed by atoms with Crippen molar-refractivity contribution in [1.29, 1.82) is 0 Å². The van der Waals surface area contributed by atoms with Crippen LogP contribution in [0.25, 0.3) is 0 Å². The van der Waals surface area contributed by atoms with Crippen molar-refractivity contribution in [2.45, 2.75) is 72.1 Å². The number of likely N-dealkylation sites (N-methyl/N-ethyl adjacent to an activating group) is 1. The monoisotopic (exact) mass is 759 g/mol. The molecule has 2 saturated heterocycles. The van der Waals surface area contributed by atoms with Gasteiger partial charge >= 0.3 is 11.9 Å². The van der Waals surface area contributed by atoms with Crippen molar-refractivity contribution in [3.8, 4) is 11.6 Å². The Kier molecular flexibility index (Phi) is 17.2. The quantitative estimate of drug-likeness (QED) is 0.194. The minimum Gasteiger partial charge on any atom is -0.478 e. The van der Waals surface area contributed by atoms with Crippen LogP contribution >= 0.6 is 0 Å². The summed E-state index contributed by atoms with van der Waals surface area (Å²) in [5, 5.41) is 23.9. The molecule has 0 aliphatic carbocycles. The number of carbonyl (C=O) groups is 3. The van der Waals surface area contributed by atoms with E-state index < -0.39 is 17.8 Å². The zero-order chi connectivity index (χ0) is 40.0. The molecule has 2 atom stereocenters. The average Bonchev–Trinajstić information content (AvgIpc) is 3.55. The lowest BCUT2D eigenvalue weighted by molar-refractivity contribution is -0.134. The number of ether oxygens (including phenoxy) is 3. The van der Waals surface area contributed by atoms with Gasteiger partial charge in [0.1, 0.15) is 17.9 Å². The Morgan fingerprint density at radius 3 is 2.33 bits per heavy atom. The van der Waals surface area contributed by atoms with Crippen molar-refractivity contribution in [2.24, 2.45) is 11.3 Å². The summed E-state index contributed by atoms with van der Waals surface area (Å²) < 4.78 is 31.3. The third-order valence-electron chi connectivity index (χ3n) is 9.84. The lowest BCUT2D eigenvalue weighted by atomic mass is 9.76. The van der Waals surface area contributed by atoms with Crippen molar-refractivity contribution in [1.82, 2.24) is 29.9 Å². The maximum absolute atomic E-state index is 14.3. The van der Waals surface area contributed by atoms with E-state index in [-0.39, 0.29) is 40.7 Å². The Morgan fingerprint density at radius 2 is 1.76 bits per heavy atom. The molecule has 0 radical (unpaired) electrons. The summed E-state index contributed by atoms with van der Waals surface area (Å²) >= 11 is 0. The summed E-state index contributed by atoms with van der Waals surface area (Å²) in [6.07, 6.45) is 5.96. The Hall–Kier alpha value is -4.25. The molecule has 2 unspecified atom stereocenters. The maximum atomic E-state index is 14.3. The molecule has 300 valence electrons. The van der Waals surface area contributed by atoms with Crippen LogP contribution in [0.15, 0.2) is 36.7 Å². The molecule has 1 aromatic heterocycles. The SMILES string of the molecule is CCN(C(=O)c1cc(F)ccc1Oc1nncnc1N1CCC2(C1)CN(C(CCCN(C)CC(COC)OC)C(C)C)C2)C(C)C.O=C(O)/C=C/C(=O)O. The molecule has 0 saturated carbocycles. The molecule has 3 heterocycles. The van der Waals surface area contributed by atoms with Crippen LogP contribution < -0.4 is 9.64 Å². The molecule has 2 aliphatic rings. The Labute approximate surface area is 318 Å². The van der Waals surface area contributed by atoms with E-state index >= 15 is 0 Å². The number of hydrogen-bond donors (Lipinski definition) is 2. The third-order valence-corrected chi connectivity index (χ3v) is 9.84. The second kappa shape index (κ2) is 21.0. The highest BCUT2D eigenvalue weighted by Crippen LogP contribution is 2.44. The van der Waals surface area contributed by atoms with Gasteiger partial charge in [-0.1, -0.05) is 13.8 Å². The highest BCUT2D eigenvalue weighted by molar-refractivity contribution is 5.97. The van der Waals surface area contributed by atoms with E-state index in [1.807, 2.05) is 20.8 Å². The van der Waals surface area contributed by atoms with Crippen molar-refractivity contribution in [3.05, 3.63) is 48.1 Å². The number of halogens is 1. The highest BCUT2D eigenvalue weighted by Gasteiger charge is 2.50. The third kappa shape index (κ3) is 12.7. The van der Waals surface area contributed by atoms with Crippen molar-refractivity contribution >= 4 is 23.7 Å². The molecule has 1 amide bonds. The number of nitrogens with zero attached hydrogens (tertiary/aromatic N) is 7. The van der Waals surface area contributed by atoms with Gasteiger partial charge in [-0.2, -0.15) is 0 Å². The molecule has 2 N–H and O–H groups in total. The van der Waals surface area contributed by atoms with Gasteiger partial charge in [-0.05, 0) is 77.7 Å². The summed E-state index contributed by atoms with van der Waals surface area (Å²) in [7, 11) is 5.60. The molecule has 1 spiro atoms. The van der Waals surface area contributed by atoms with Crippen LogP contribution in [0, 0.1) is 17.2 Å². The lowest BCUT2D eigenvalue weighted by Gasteiger charge is -2.53. The largest absolute Gasteiger partial charge is 0.478 e. The predicted molar refractivity (Wildman–Crippen MR) is 201 cm³/mol. The van der Waals surface area contributed by atoms with Gasteiger partial charge in [-0.25, -0.2) is 19.0 Å². The number of methoxy groups -OCH3 is 2. The summed E-state index contributed by atoms with van der Waals surface area (Å²) in [5.74, 6) is -1.70. The lowest BCUT2D eigenvalue weighted by Crippen LogP contribution is -2.62. The van der Waals surface area contributed by atoms with Gasteiger partial charge in [0.25, 0.3) is 11.8 Å². The van der Waals surface area contributed by atoms with Crippen molar-refractivity contribution in [3.63, 3.8) is 0 Å². The van der Waals surface area contributed by atoms with E-state index in [0.717, 1.165) is 58.5 Å². The van der Waals surface area contributed by atoms with E-state index in [9.17, 15) is 18.8 Å². The standard InChI is InChI=1S/C34H54FN7O4.C4H4O4/c1-9-42(25(4)5)33(43)28-17-26(35)12-13-30(28)46-32-31(36-23-37-38-32)40-16-14-34(20-40)21-41(22-34)29(24(2)3)11-10-15-39(6)18-27(45-8)19-44-7;5-3(6)1-2-4(7)8/h12-13,17,23-25,27,29H,9-11,14-16,18-22H2,1-8H3;1-2H,(H,5,6)(H,7,8)/b;2-1+. The molecular weight excluding hydrogens is 701 g/mol. The number of anilines is 1. The summed E-state index contributed by atoms with van der Waals surface area (Å²) in [5.41, 5.74) is 0.340. The van der Waals surface area contributed by atoms with E-state index in [4.69, 9.17) is 24.4 Å². The topological polar surface area (TPSA) is 171 Å². The van der Waals surface area contributed by atoms with Gasteiger partial charge in [0.05, 0.1) is 18.3 Å². The summed E-state index contributed by atoms with van der Waals surface area (Å²) in [6, 6.07) is 4.48. The molecule has 0 bridgehead atoms. The van der Waals surface area contributed by atoms with E-state index in [1.165, 1.54) is 24.5 Å². The van der Waals surface area contributed by atoms with Crippen LogP contribution in [0.5, 0.6) is 11.6 Å². The number of hydrogen-bond acceptors (Lipinski definition) is 12. The number of carboxylic acids is 2. The van der Waals surface area contributed by atoms with Gasteiger partial charge in [0.2, 0.25) is 0 Å². The smallest absolute Gasteiger partial charge is 0.328 e. The van der Waals surface area contributed by atoms with Crippen molar-refractivity contribution in [2.75, 3.05) is 78.6 Å². The fourth-order valence-electron chi connectivity index (χ4n) is 7.20. The summed E-state index contributed by atoms with van der Waals surface area (Å²) in [4.78, 5) is 45.9. The van der Waals surface area contributed by atoms with Gasteiger partial charge < -0.3 is 39.1 Å². The fourth-order valence-corrected chi connectivity index (χ4v) is 7.20. The second-order valence-electron chi connectivity index (χ2n) is 14.6. The van der Waals surface area contributed by atoms with Gasteiger partial charge in [-0.3, -0.25) is 9.69 Å². The highest BCUT2D eigenvalue weighted by atomic mass is 19.1. The summed E-state index contributed by atoms with van der Waals surface area (Å²) in [6.45, 7) is 17.2. The molecule has 16 heteroatoms. The molecule has 4 rings (SSSR count). The Bertz CT molecular complexity index is 1540. The molecule has 2 fully saturated rings. The molecule has 15 nitrogen and oxygen atoms in total. The van der Waals surface area contributed by atoms with Crippen LogP contribution in [0.4, 0.5) is 10.2 Å². The fraction of sp³-hybridized carbons (Fsp3) is 0.632. The number of aliphatic carboxylic acids is 2. The number of carboxylic acid groups (broad SMARTS) is 2. The first kappa shape index (κ1) is 44.1. The van der Waals surface area contributed by atoms with Crippen LogP contribution in [-0.2, 0) is 19.1 Å². The van der Waals surface area contributed by atoms with Crippen LogP contribution in [0.1, 0.15) is 64.2 Å². The first-order chi connectivity index (χ1) is 25.6. The number of benzene rings is 1. The van der Waals surface area contributed by atoms with Crippen LogP contribution in [0.3, 0.4) is 0 Å². The van der Waals surface area contributed by atoms with E-state index in [1.54, 1.807) is 19.1 Å². The molecule has 2 aromatic rings. The first-order valence-corrected chi connectivity index (χ1v) is 18.4. The maximum Gasteiger partial charge on any atom is 0.328 e. The molecule has 54 heavy (non-hydrogen) atoms. The van der Waals surface area contributed by atoms with E-state index in [0.29, 0.717) is 43.1 Å². The predicted octanol–water partition coefficient (Wildman–Crippen LogP) is 4.30. The molecule has 2 aliphatic heterocycles. The zero-order valence-corrected chi connectivity index (χ0v) is 32.9. The minimum absolute atomic E-state index is 0.0448.